The minimum absolute atomic E-state index is 0.111. The highest BCUT2D eigenvalue weighted by atomic mass is 16.5. The average Bonchev–Trinajstić information content (AvgIpc) is 2.81. The van der Waals surface area contributed by atoms with Crippen LogP contribution in [0.5, 0.6) is 0 Å². The lowest BCUT2D eigenvalue weighted by molar-refractivity contribution is -0.141. The maximum absolute atomic E-state index is 12.8. The van der Waals surface area contributed by atoms with Gasteiger partial charge in [0.25, 0.3) is 0 Å². The molecule has 1 aliphatic heterocycles. The van der Waals surface area contributed by atoms with Crippen LogP contribution in [0.25, 0.3) is 0 Å². The second kappa shape index (κ2) is 9.78. The molecule has 0 radical (unpaired) electrons. The van der Waals surface area contributed by atoms with Crippen LogP contribution in [0.2, 0.25) is 0 Å². The van der Waals surface area contributed by atoms with Crippen LogP contribution in [-0.2, 0) is 19.1 Å². The first-order valence-electron chi connectivity index (χ1n) is 12.3. The third-order valence-corrected chi connectivity index (χ3v) is 6.55. The molecule has 1 heterocycles. The van der Waals surface area contributed by atoms with Gasteiger partial charge in [0.1, 0.15) is 0 Å². The quantitative estimate of drug-likeness (QED) is 0.631. The van der Waals surface area contributed by atoms with Gasteiger partial charge in [-0.15, -0.1) is 0 Å². The Kier molecular flexibility index (Phi) is 7.73. The monoisotopic (exact) mass is 436 g/mol. The molecule has 0 unspecified atom stereocenters. The Morgan fingerprint density at radius 2 is 1.03 bits per heavy atom. The van der Waals surface area contributed by atoms with Gasteiger partial charge in [-0.05, 0) is 85.5 Å². The summed E-state index contributed by atoms with van der Waals surface area (Å²) in [5, 5.41) is 0. The number of hydrogen-bond acceptors (Lipinski definition) is 4. The maximum atomic E-state index is 12.8. The Morgan fingerprint density at radius 1 is 0.677 bits per heavy atom. The number of hydrogen-bond donors (Lipinski definition) is 0. The normalized spacial score (nSPS) is 29.7. The van der Waals surface area contributed by atoms with Crippen LogP contribution in [0.3, 0.4) is 0 Å². The first kappa shape index (κ1) is 24.5. The van der Waals surface area contributed by atoms with E-state index in [1.54, 1.807) is 0 Å². The molecule has 0 atom stereocenters. The zero-order valence-corrected chi connectivity index (χ0v) is 20.6. The molecule has 2 amide bonds. The molecule has 178 valence electrons. The molecule has 31 heavy (non-hydrogen) atoms. The van der Waals surface area contributed by atoms with Crippen molar-refractivity contribution in [2.45, 2.75) is 110 Å². The first-order valence-corrected chi connectivity index (χ1v) is 12.3. The van der Waals surface area contributed by atoms with E-state index in [9.17, 15) is 9.59 Å². The highest BCUT2D eigenvalue weighted by molar-refractivity contribution is 5.78. The third-order valence-electron chi connectivity index (χ3n) is 6.55. The van der Waals surface area contributed by atoms with E-state index in [-0.39, 0.29) is 23.0 Å². The molecule has 0 aromatic carbocycles. The van der Waals surface area contributed by atoms with Crippen molar-refractivity contribution in [2.24, 2.45) is 11.8 Å². The van der Waals surface area contributed by atoms with Crippen LogP contribution in [0.15, 0.2) is 0 Å². The molecule has 0 N–H and O–H groups in total. The van der Waals surface area contributed by atoms with Crippen LogP contribution in [0, 0.1) is 11.8 Å². The van der Waals surface area contributed by atoms with Crippen molar-refractivity contribution in [3.63, 3.8) is 0 Å². The lowest BCUT2D eigenvalue weighted by atomic mass is 9.79. The van der Waals surface area contributed by atoms with E-state index in [0.717, 1.165) is 45.2 Å². The molecule has 0 aromatic heterocycles. The van der Waals surface area contributed by atoms with Gasteiger partial charge in [-0.1, -0.05) is 0 Å². The molecule has 2 saturated carbocycles. The van der Waals surface area contributed by atoms with Gasteiger partial charge in [0.05, 0.1) is 23.4 Å². The number of carbonyl (C=O) groups is 2. The number of rotatable bonds is 6. The smallest absolute Gasteiger partial charge is 0.222 e. The molecular weight excluding hydrogens is 392 g/mol. The minimum Gasteiger partial charge on any atom is -0.373 e. The van der Waals surface area contributed by atoms with Crippen molar-refractivity contribution in [3.05, 3.63) is 0 Å². The fourth-order valence-electron chi connectivity index (χ4n) is 5.04. The van der Waals surface area contributed by atoms with E-state index in [0.29, 0.717) is 50.0 Å². The van der Waals surface area contributed by atoms with E-state index < -0.39 is 0 Å². The highest BCUT2D eigenvalue weighted by Gasteiger charge is 2.37. The van der Waals surface area contributed by atoms with Crippen molar-refractivity contribution < 1.29 is 19.1 Å². The maximum Gasteiger partial charge on any atom is 0.222 e. The van der Waals surface area contributed by atoms with Crippen molar-refractivity contribution in [1.82, 2.24) is 9.80 Å². The summed E-state index contributed by atoms with van der Waals surface area (Å²) >= 11 is 0. The molecule has 6 heteroatoms. The van der Waals surface area contributed by atoms with Crippen LogP contribution in [0.1, 0.15) is 86.5 Å². The molecule has 3 fully saturated rings. The Morgan fingerprint density at radius 3 is 1.35 bits per heavy atom. The minimum atomic E-state index is -0.111. The Bertz CT molecular complexity index is 570. The van der Waals surface area contributed by atoms with E-state index in [1.807, 2.05) is 9.80 Å². The van der Waals surface area contributed by atoms with Crippen molar-refractivity contribution >= 4 is 11.8 Å². The molecule has 2 aliphatic carbocycles. The molecule has 3 rings (SSSR count). The molecule has 6 nitrogen and oxygen atoms in total. The van der Waals surface area contributed by atoms with E-state index in [4.69, 9.17) is 9.47 Å². The molecule has 0 spiro atoms. The van der Waals surface area contributed by atoms with Gasteiger partial charge < -0.3 is 19.3 Å². The number of amides is 2. The lowest BCUT2D eigenvalue weighted by Crippen LogP contribution is -2.43. The van der Waals surface area contributed by atoms with Crippen LogP contribution in [0.4, 0.5) is 0 Å². The summed E-state index contributed by atoms with van der Waals surface area (Å²) in [4.78, 5) is 29.5. The summed E-state index contributed by atoms with van der Waals surface area (Å²) in [6.07, 6.45) is 6.67. The summed E-state index contributed by atoms with van der Waals surface area (Å²) in [5.74, 6) is 1.38. The zero-order chi connectivity index (χ0) is 22.8. The topological polar surface area (TPSA) is 59.1 Å². The predicted octanol–water partition coefficient (Wildman–Crippen LogP) is 4.01. The molecule has 1 saturated heterocycles. The summed E-state index contributed by atoms with van der Waals surface area (Å²) in [5.41, 5.74) is -0.221. The van der Waals surface area contributed by atoms with Gasteiger partial charge in [-0.3, -0.25) is 9.59 Å². The second-order valence-electron chi connectivity index (χ2n) is 11.9. The van der Waals surface area contributed by atoms with Gasteiger partial charge in [0, 0.05) is 39.0 Å². The highest BCUT2D eigenvalue weighted by Crippen LogP contribution is 2.36. The summed E-state index contributed by atoms with van der Waals surface area (Å²) in [6.45, 7) is 15.4. The van der Waals surface area contributed by atoms with E-state index in [2.05, 4.69) is 41.5 Å². The lowest BCUT2D eigenvalue weighted by Gasteiger charge is -2.40. The van der Waals surface area contributed by atoms with E-state index >= 15 is 0 Å². The largest absolute Gasteiger partial charge is 0.373 e. The Balaban J connectivity index is 1.34. The van der Waals surface area contributed by atoms with Gasteiger partial charge >= 0.3 is 0 Å². The number of nitrogens with zero attached hydrogens (tertiary/aromatic N) is 2. The number of ether oxygens (including phenoxy) is 2. The van der Waals surface area contributed by atoms with Gasteiger partial charge in [-0.25, -0.2) is 0 Å². The van der Waals surface area contributed by atoms with Crippen LogP contribution in [-0.4, -0.2) is 71.2 Å². The van der Waals surface area contributed by atoms with Crippen molar-refractivity contribution in [3.8, 4) is 0 Å². The summed E-state index contributed by atoms with van der Waals surface area (Å²) in [7, 11) is 0. The SMILES string of the molecule is CC(C)(C)OC1CC(CC(=O)N2CCCN(C(=O)CC3CC(OC(C)(C)C)C3)CC2)C1. The fraction of sp³-hybridized carbons (Fsp3) is 0.920. The second-order valence-corrected chi connectivity index (χ2v) is 11.9. The average molecular weight is 437 g/mol. The molecule has 0 bridgehead atoms. The Labute approximate surface area is 189 Å². The van der Waals surface area contributed by atoms with Crippen LogP contribution < -0.4 is 0 Å². The zero-order valence-electron chi connectivity index (χ0n) is 20.6. The van der Waals surface area contributed by atoms with E-state index in [1.165, 1.54) is 0 Å². The molecule has 3 aliphatic rings. The molecule has 0 aromatic rings. The van der Waals surface area contributed by atoms with Crippen molar-refractivity contribution in [2.75, 3.05) is 26.2 Å². The standard InChI is InChI=1S/C25H44N2O4/c1-24(2,3)30-20-12-18(13-20)16-22(28)26-8-7-9-27(11-10-26)23(29)17-19-14-21(15-19)31-25(4,5)6/h18-21H,7-17H2,1-6H3. The van der Waals surface area contributed by atoms with Crippen molar-refractivity contribution in [1.29, 1.82) is 0 Å². The summed E-state index contributed by atoms with van der Waals surface area (Å²) < 4.78 is 12.0. The Hall–Kier alpha value is -1.14. The first-order chi connectivity index (χ1) is 14.4. The van der Waals surface area contributed by atoms with Crippen LogP contribution >= 0.6 is 0 Å². The fourth-order valence-corrected chi connectivity index (χ4v) is 5.04. The summed E-state index contributed by atoms with van der Waals surface area (Å²) in [6, 6.07) is 0. The predicted molar refractivity (Wildman–Crippen MR) is 122 cm³/mol. The van der Waals surface area contributed by atoms with Gasteiger partial charge in [0.2, 0.25) is 11.8 Å². The molecular formula is C25H44N2O4. The number of carbonyl (C=O) groups excluding carboxylic acids is 2. The third kappa shape index (κ3) is 7.74. The van der Waals surface area contributed by atoms with Gasteiger partial charge in [-0.2, -0.15) is 0 Å². The van der Waals surface area contributed by atoms with Gasteiger partial charge in [0.15, 0.2) is 0 Å².